The first-order chi connectivity index (χ1) is 8.91. The highest BCUT2D eigenvalue weighted by molar-refractivity contribution is 7.89. The van der Waals surface area contributed by atoms with Gasteiger partial charge in [-0.25, -0.2) is 18.2 Å². The number of carboxylic acid groups (broad SMARTS) is 1. The Morgan fingerprint density at radius 2 is 2.16 bits per heavy atom. The Hall–Kier alpha value is -2.00. The van der Waals surface area contributed by atoms with Crippen LogP contribution in [0.5, 0.6) is 0 Å². The lowest BCUT2D eigenvalue weighted by molar-refractivity contribution is -0.122. The van der Waals surface area contributed by atoms with Crippen molar-refractivity contribution in [1.29, 1.82) is 0 Å². The van der Waals surface area contributed by atoms with Crippen molar-refractivity contribution in [2.45, 2.75) is 5.03 Å². The molecule has 102 valence electrons. The van der Waals surface area contributed by atoms with Crippen LogP contribution in [0.2, 0.25) is 0 Å². The maximum absolute atomic E-state index is 12.1. The van der Waals surface area contributed by atoms with Crippen molar-refractivity contribution < 1.29 is 23.1 Å². The fraction of sp³-hybridized carbons (Fsp3) is 0.300. The fourth-order valence-electron chi connectivity index (χ4n) is 1.61. The van der Waals surface area contributed by atoms with E-state index in [1.165, 1.54) is 0 Å². The molecule has 1 fully saturated rings. The van der Waals surface area contributed by atoms with Crippen LogP contribution in [0.3, 0.4) is 0 Å². The highest BCUT2D eigenvalue weighted by atomic mass is 32.2. The van der Waals surface area contributed by atoms with Gasteiger partial charge in [0, 0.05) is 19.3 Å². The van der Waals surface area contributed by atoms with Gasteiger partial charge in [-0.05, 0) is 12.1 Å². The minimum atomic E-state index is -3.87. The molecule has 0 saturated carbocycles. The number of piperazine rings is 1. The van der Waals surface area contributed by atoms with Gasteiger partial charge in [-0.15, -0.1) is 0 Å². The minimum absolute atomic E-state index is 0.102. The Morgan fingerprint density at radius 3 is 2.68 bits per heavy atom. The predicted molar refractivity (Wildman–Crippen MR) is 63.0 cm³/mol. The lowest BCUT2D eigenvalue weighted by Crippen LogP contribution is -2.49. The Bertz CT molecular complexity index is 611. The second-order valence-corrected chi connectivity index (χ2v) is 5.76. The highest BCUT2D eigenvalue weighted by Gasteiger charge is 2.30. The van der Waals surface area contributed by atoms with Gasteiger partial charge >= 0.3 is 5.97 Å². The van der Waals surface area contributed by atoms with Gasteiger partial charge in [-0.1, -0.05) is 0 Å². The first-order valence-corrected chi connectivity index (χ1v) is 6.81. The van der Waals surface area contributed by atoms with Gasteiger partial charge < -0.3 is 10.4 Å². The van der Waals surface area contributed by atoms with Gasteiger partial charge in [0.1, 0.15) is 0 Å². The van der Waals surface area contributed by atoms with Crippen LogP contribution >= 0.6 is 0 Å². The van der Waals surface area contributed by atoms with Gasteiger partial charge in [0.05, 0.1) is 12.1 Å². The Kier molecular flexibility index (Phi) is 3.49. The van der Waals surface area contributed by atoms with Crippen molar-refractivity contribution in [3.05, 3.63) is 23.9 Å². The van der Waals surface area contributed by atoms with Gasteiger partial charge in [0.25, 0.3) is 10.0 Å². The van der Waals surface area contributed by atoms with E-state index in [-0.39, 0.29) is 36.1 Å². The fourth-order valence-corrected chi connectivity index (χ4v) is 2.92. The molecule has 1 saturated heterocycles. The summed E-state index contributed by atoms with van der Waals surface area (Å²) in [6, 6.07) is 2.28. The Morgan fingerprint density at radius 1 is 1.42 bits per heavy atom. The number of nitrogens with one attached hydrogen (secondary N) is 1. The molecular weight excluding hydrogens is 274 g/mol. The molecule has 2 heterocycles. The summed E-state index contributed by atoms with van der Waals surface area (Å²) in [6.45, 7) is 0.145. The summed E-state index contributed by atoms with van der Waals surface area (Å²) in [6.07, 6.45) is 0.971. The van der Waals surface area contributed by atoms with Crippen molar-refractivity contribution in [3.8, 4) is 0 Å². The number of carboxylic acids is 1. The molecule has 1 aromatic heterocycles. The molecule has 8 nitrogen and oxygen atoms in total. The average Bonchev–Trinajstić information content (AvgIpc) is 2.39. The highest BCUT2D eigenvalue weighted by Crippen LogP contribution is 2.14. The van der Waals surface area contributed by atoms with Crippen LogP contribution in [0, 0.1) is 0 Å². The third-order valence-corrected chi connectivity index (χ3v) is 4.35. The lowest BCUT2D eigenvalue weighted by Gasteiger charge is -2.25. The summed E-state index contributed by atoms with van der Waals surface area (Å²) in [5.74, 6) is -1.56. The quantitative estimate of drug-likeness (QED) is 0.728. The normalized spacial score (nSPS) is 16.9. The number of carbonyl (C=O) groups excluding carboxylic acids is 1. The number of aromatic carboxylic acids is 1. The van der Waals surface area contributed by atoms with E-state index in [4.69, 9.17) is 5.11 Å². The van der Waals surface area contributed by atoms with E-state index in [2.05, 4.69) is 10.3 Å². The number of aromatic nitrogens is 1. The Balaban J connectivity index is 2.28. The van der Waals surface area contributed by atoms with Crippen molar-refractivity contribution in [3.63, 3.8) is 0 Å². The molecule has 1 aromatic rings. The van der Waals surface area contributed by atoms with E-state index < -0.39 is 16.0 Å². The number of pyridine rings is 1. The Labute approximate surface area is 109 Å². The standard InChI is InChI=1S/C10H11N3O5S/c14-8-6-13(4-3-11-8)19(17,18)9-2-1-7(5-12-9)10(15)16/h1-2,5H,3-4,6H2,(H,11,14)(H,15,16). The number of sulfonamides is 1. The summed E-state index contributed by atoms with van der Waals surface area (Å²) in [4.78, 5) is 25.5. The SMILES string of the molecule is O=C1CN(S(=O)(=O)c2ccc(C(=O)O)cn2)CCN1. The third kappa shape index (κ3) is 2.71. The zero-order valence-electron chi connectivity index (χ0n) is 9.74. The summed E-state index contributed by atoms with van der Waals surface area (Å²) >= 11 is 0. The zero-order valence-corrected chi connectivity index (χ0v) is 10.6. The molecule has 1 amide bonds. The maximum atomic E-state index is 12.1. The number of carbonyl (C=O) groups is 2. The molecule has 1 aliphatic rings. The van der Waals surface area contributed by atoms with Gasteiger partial charge in [0.2, 0.25) is 5.91 Å². The van der Waals surface area contributed by atoms with Gasteiger partial charge in [0.15, 0.2) is 5.03 Å². The van der Waals surface area contributed by atoms with E-state index in [1.807, 2.05) is 0 Å². The van der Waals surface area contributed by atoms with Crippen LogP contribution in [-0.4, -0.2) is 54.3 Å². The molecule has 0 unspecified atom stereocenters. The molecule has 19 heavy (non-hydrogen) atoms. The van der Waals surface area contributed by atoms with Crippen molar-refractivity contribution >= 4 is 21.9 Å². The summed E-state index contributed by atoms with van der Waals surface area (Å²) in [5.41, 5.74) is -0.102. The van der Waals surface area contributed by atoms with E-state index >= 15 is 0 Å². The molecule has 2 N–H and O–H groups in total. The van der Waals surface area contributed by atoms with Crippen LogP contribution in [0.25, 0.3) is 0 Å². The van der Waals surface area contributed by atoms with E-state index in [9.17, 15) is 18.0 Å². The second kappa shape index (κ2) is 4.94. The van der Waals surface area contributed by atoms with Crippen LogP contribution in [0.1, 0.15) is 10.4 Å². The summed E-state index contributed by atoms with van der Waals surface area (Å²) in [7, 11) is -3.87. The number of amides is 1. The molecule has 0 spiro atoms. The molecular formula is C10H11N3O5S. The van der Waals surface area contributed by atoms with Gasteiger partial charge in [-0.2, -0.15) is 4.31 Å². The number of hydrogen-bond acceptors (Lipinski definition) is 5. The lowest BCUT2D eigenvalue weighted by atomic mass is 10.3. The van der Waals surface area contributed by atoms with E-state index in [0.717, 1.165) is 22.6 Å². The number of nitrogens with zero attached hydrogens (tertiary/aromatic N) is 2. The minimum Gasteiger partial charge on any atom is -0.478 e. The third-order valence-electron chi connectivity index (χ3n) is 2.59. The number of rotatable bonds is 3. The van der Waals surface area contributed by atoms with Crippen LogP contribution < -0.4 is 5.32 Å². The van der Waals surface area contributed by atoms with Crippen molar-refractivity contribution in [2.75, 3.05) is 19.6 Å². The van der Waals surface area contributed by atoms with Crippen molar-refractivity contribution in [1.82, 2.24) is 14.6 Å². The van der Waals surface area contributed by atoms with E-state index in [1.54, 1.807) is 0 Å². The smallest absolute Gasteiger partial charge is 0.337 e. The molecule has 0 radical (unpaired) electrons. The molecule has 0 bridgehead atoms. The average molecular weight is 285 g/mol. The first-order valence-electron chi connectivity index (χ1n) is 5.37. The summed E-state index contributed by atoms with van der Waals surface area (Å²) in [5, 5.41) is 11.0. The number of hydrogen-bond donors (Lipinski definition) is 2. The van der Waals surface area contributed by atoms with Crippen LogP contribution in [-0.2, 0) is 14.8 Å². The van der Waals surface area contributed by atoms with E-state index in [0.29, 0.717) is 0 Å². The molecule has 0 aliphatic carbocycles. The molecule has 1 aliphatic heterocycles. The molecule has 0 aromatic carbocycles. The molecule has 2 rings (SSSR count). The second-order valence-electron chi connectivity index (χ2n) is 3.88. The monoisotopic (exact) mass is 285 g/mol. The molecule has 0 atom stereocenters. The van der Waals surface area contributed by atoms with Crippen LogP contribution in [0.15, 0.2) is 23.4 Å². The predicted octanol–water partition coefficient (Wildman–Crippen LogP) is -1.10. The molecule has 9 heteroatoms. The van der Waals surface area contributed by atoms with Crippen LogP contribution in [0.4, 0.5) is 0 Å². The summed E-state index contributed by atoms with van der Waals surface area (Å²) < 4.78 is 25.3. The van der Waals surface area contributed by atoms with Gasteiger partial charge in [-0.3, -0.25) is 4.79 Å². The van der Waals surface area contributed by atoms with Crippen molar-refractivity contribution in [2.24, 2.45) is 0 Å². The largest absolute Gasteiger partial charge is 0.478 e. The topological polar surface area (TPSA) is 117 Å². The zero-order chi connectivity index (χ0) is 14.0. The first kappa shape index (κ1) is 13.4. The maximum Gasteiger partial charge on any atom is 0.337 e.